The zero-order valence-electron chi connectivity index (χ0n) is 17.9. The summed E-state index contributed by atoms with van der Waals surface area (Å²) >= 11 is 6.22. The molecule has 32 heavy (non-hydrogen) atoms. The molecule has 2 saturated heterocycles. The third kappa shape index (κ3) is 3.55. The minimum atomic E-state index is -0.723. The summed E-state index contributed by atoms with van der Waals surface area (Å²) in [7, 11) is 0. The van der Waals surface area contributed by atoms with Crippen LogP contribution in [-0.4, -0.2) is 39.5 Å². The molecule has 2 aliphatic rings. The van der Waals surface area contributed by atoms with Gasteiger partial charge in [0.05, 0.1) is 5.39 Å². The monoisotopic (exact) mass is 454 g/mol. The van der Waals surface area contributed by atoms with Gasteiger partial charge in [-0.2, -0.15) is 4.98 Å². The summed E-state index contributed by atoms with van der Waals surface area (Å²) in [6, 6.07) is 12.0. The first kappa shape index (κ1) is 21.3. The Hall–Kier alpha value is -2.57. The van der Waals surface area contributed by atoms with Gasteiger partial charge in [-0.1, -0.05) is 36.4 Å². The molecule has 5 rings (SSSR count). The highest BCUT2D eigenvalue weighted by Gasteiger charge is 2.46. The fourth-order valence-corrected chi connectivity index (χ4v) is 5.60. The van der Waals surface area contributed by atoms with Gasteiger partial charge in [0.2, 0.25) is 5.28 Å². The minimum absolute atomic E-state index is 0.0335. The van der Waals surface area contributed by atoms with E-state index in [1.54, 1.807) is 6.92 Å². The number of aryl methyl sites for hydroxylation is 1. The van der Waals surface area contributed by atoms with Gasteiger partial charge in [-0.3, -0.25) is 4.90 Å². The molecule has 0 aliphatic carbocycles. The van der Waals surface area contributed by atoms with Crippen molar-refractivity contribution in [1.29, 1.82) is 0 Å². The van der Waals surface area contributed by atoms with Crippen LogP contribution in [-0.2, 0) is 6.54 Å². The SMILES string of the molecule is C=CC[C@H]1[C@H]2CC[C@@H](CN1c1nc(Cl)nc3c(F)cc(F)c(C)c13)N2Cc1ccccc1. The number of piperazine rings is 1. The Labute approximate surface area is 191 Å². The number of fused-ring (bicyclic) bond motifs is 3. The van der Waals surface area contributed by atoms with E-state index in [1.807, 2.05) is 12.1 Å². The Kier molecular flexibility index (Phi) is 5.59. The van der Waals surface area contributed by atoms with Crippen LogP contribution in [0.2, 0.25) is 5.28 Å². The predicted molar refractivity (Wildman–Crippen MR) is 124 cm³/mol. The maximum atomic E-state index is 14.6. The van der Waals surface area contributed by atoms with Crippen LogP contribution in [0.4, 0.5) is 14.6 Å². The van der Waals surface area contributed by atoms with Crippen LogP contribution in [0.5, 0.6) is 0 Å². The van der Waals surface area contributed by atoms with Crippen molar-refractivity contribution in [2.45, 2.75) is 50.9 Å². The second-order valence-corrected chi connectivity index (χ2v) is 9.04. The fraction of sp³-hybridized carbons (Fsp3) is 0.360. The molecular weight excluding hydrogens is 430 g/mol. The van der Waals surface area contributed by atoms with E-state index in [4.69, 9.17) is 11.6 Å². The van der Waals surface area contributed by atoms with Crippen molar-refractivity contribution >= 4 is 28.3 Å². The van der Waals surface area contributed by atoms with Gasteiger partial charge in [-0.15, -0.1) is 6.58 Å². The Morgan fingerprint density at radius 2 is 1.94 bits per heavy atom. The standard InChI is InChI=1S/C25H25ClF2N4/c1-3-7-20-21-11-10-17(31(21)13-16-8-5-4-6-9-16)14-32(20)24-22-15(2)18(27)12-19(28)23(22)29-25(26)30-24/h3-6,8-9,12,17,20-21H,1,7,10-11,13-14H2,2H3/t17-,20-,21+/m0/s1. The Bertz CT molecular complexity index is 1170. The summed E-state index contributed by atoms with van der Waals surface area (Å²) in [6.45, 7) is 7.21. The molecule has 2 fully saturated rings. The topological polar surface area (TPSA) is 32.3 Å². The van der Waals surface area contributed by atoms with Gasteiger partial charge in [0.1, 0.15) is 17.2 Å². The Morgan fingerprint density at radius 3 is 2.69 bits per heavy atom. The lowest BCUT2D eigenvalue weighted by Crippen LogP contribution is -2.59. The molecule has 0 saturated carbocycles. The molecule has 0 N–H and O–H groups in total. The molecule has 0 amide bonds. The van der Waals surface area contributed by atoms with E-state index >= 15 is 0 Å². The molecule has 0 spiro atoms. The third-order valence-corrected chi connectivity index (χ3v) is 7.08. The van der Waals surface area contributed by atoms with Crippen LogP contribution >= 0.6 is 11.6 Å². The summed E-state index contributed by atoms with van der Waals surface area (Å²) < 4.78 is 29.1. The van der Waals surface area contributed by atoms with Crippen LogP contribution in [0.1, 0.15) is 30.4 Å². The van der Waals surface area contributed by atoms with Crippen molar-refractivity contribution in [2.24, 2.45) is 0 Å². The van der Waals surface area contributed by atoms with E-state index in [-0.39, 0.29) is 22.9 Å². The number of anilines is 1. The van der Waals surface area contributed by atoms with E-state index in [9.17, 15) is 8.78 Å². The molecule has 2 aliphatic heterocycles. The van der Waals surface area contributed by atoms with Crippen molar-refractivity contribution in [3.05, 3.63) is 77.1 Å². The molecular formula is C25H25ClF2N4. The van der Waals surface area contributed by atoms with E-state index < -0.39 is 11.6 Å². The van der Waals surface area contributed by atoms with Crippen LogP contribution in [0, 0.1) is 18.6 Å². The Morgan fingerprint density at radius 1 is 1.16 bits per heavy atom. The summed E-state index contributed by atoms with van der Waals surface area (Å²) in [5.41, 5.74) is 1.69. The van der Waals surface area contributed by atoms with E-state index in [2.05, 4.69) is 50.6 Å². The number of aromatic nitrogens is 2. The van der Waals surface area contributed by atoms with E-state index in [0.29, 0.717) is 29.4 Å². The van der Waals surface area contributed by atoms with Crippen molar-refractivity contribution in [3.63, 3.8) is 0 Å². The lowest BCUT2D eigenvalue weighted by molar-refractivity contribution is 0.128. The van der Waals surface area contributed by atoms with Gasteiger partial charge in [0.15, 0.2) is 5.82 Å². The number of nitrogens with zero attached hydrogens (tertiary/aromatic N) is 4. The molecule has 0 radical (unpaired) electrons. The molecule has 3 heterocycles. The number of rotatable bonds is 5. The number of halogens is 3. The third-order valence-electron chi connectivity index (χ3n) is 6.91. The summed E-state index contributed by atoms with van der Waals surface area (Å²) in [4.78, 5) is 13.3. The largest absolute Gasteiger partial charge is 0.350 e. The van der Waals surface area contributed by atoms with Crippen LogP contribution < -0.4 is 4.90 Å². The normalized spacial score (nSPS) is 23.1. The van der Waals surface area contributed by atoms with Gasteiger partial charge in [0.25, 0.3) is 0 Å². The van der Waals surface area contributed by atoms with Crippen LogP contribution in [0.15, 0.2) is 49.1 Å². The molecule has 3 atom stereocenters. The van der Waals surface area contributed by atoms with Crippen LogP contribution in [0.3, 0.4) is 0 Å². The Balaban J connectivity index is 1.59. The molecule has 1 aromatic heterocycles. The molecule has 0 unspecified atom stereocenters. The molecule has 3 aromatic rings. The highest BCUT2D eigenvalue weighted by Crippen LogP contribution is 2.41. The first-order chi connectivity index (χ1) is 15.5. The zero-order valence-corrected chi connectivity index (χ0v) is 18.7. The highest BCUT2D eigenvalue weighted by molar-refractivity contribution is 6.28. The molecule has 2 aromatic carbocycles. The van der Waals surface area contributed by atoms with Gasteiger partial charge >= 0.3 is 0 Å². The summed E-state index contributed by atoms with van der Waals surface area (Å²) in [6.07, 6.45) is 4.78. The number of hydrogen-bond donors (Lipinski definition) is 0. The fourth-order valence-electron chi connectivity index (χ4n) is 5.44. The van der Waals surface area contributed by atoms with Crippen molar-refractivity contribution in [2.75, 3.05) is 11.4 Å². The first-order valence-corrected chi connectivity index (χ1v) is 11.3. The second-order valence-electron chi connectivity index (χ2n) is 8.71. The molecule has 166 valence electrons. The van der Waals surface area contributed by atoms with Gasteiger partial charge in [0, 0.05) is 37.3 Å². The average molecular weight is 455 g/mol. The van der Waals surface area contributed by atoms with Crippen molar-refractivity contribution in [1.82, 2.24) is 14.9 Å². The minimum Gasteiger partial charge on any atom is -0.350 e. The maximum Gasteiger partial charge on any atom is 0.225 e. The van der Waals surface area contributed by atoms with E-state index in [1.165, 1.54) is 5.56 Å². The summed E-state index contributed by atoms with van der Waals surface area (Å²) in [5, 5.41) is 0.366. The second kappa shape index (κ2) is 8.41. The quantitative estimate of drug-likeness (QED) is 0.367. The summed E-state index contributed by atoms with van der Waals surface area (Å²) in [5.74, 6) is -0.813. The molecule has 4 nitrogen and oxygen atoms in total. The van der Waals surface area contributed by atoms with Crippen LogP contribution in [0.25, 0.3) is 10.9 Å². The van der Waals surface area contributed by atoms with Gasteiger partial charge in [-0.05, 0) is 48.9 Å². The van der Waals surface area contributed by atoms with Gasteiger partial charge < -0.3 is 4.90 Å². The number of hydrogen-bond acceptors (Lipinski definition) is 4. The van der Waals surface area contributed by atoms with Crippen molar-refractivity contribution < 1.29 is 8.78 Å². The van der Waals surface area contributed by atoms with E-state index in [0.717, 1.165) is 31.9 Å². The highest BCUT2D eigenvalue weighted by atomic mass is 35.5. The lowest BCUT2D eigenvalue weighted by Gasteiger charge is -2.48. The van der Waals surface area contributed by atoms with Gasteiger partial charge in [-0.25, -0.2) is 13.8 Å². The molecule has 7 heteroatoms. The smallest absolute Gasteiger partial charge is 0.225 e. The lowest BCUT2D eigenvalue weighted by atomic mass is 9.97. The number of benzene rings is 2. The van der Waals surface area contributed by atoms with Crippen molar-refractivity contribution in [3.8, 4) is 0 Å². The molecule has 2 bridgehead atoms. The first-order valence-electron chi connectivity index (χ1n) is 11.0. The maximum absolute atomic E-state index is 14.6. The predicted octanol–water partition coefficient (Wildman–Crippen LogP) is 5.67. The zero-order chi connectivity index (χ0) is 22.4. The average Bonchev–Trinajstić information content (AvgIpc) is 3.06.